The standard InChI is InChI=1S/C15H23FN2O/c1-3-4-13(18-9-7-17-8-10-18)14-12(16)6-5-11(2)15(14)19/h5-6,13,17,19H,3-4,7-10H2,1-2H3/t13-/m0/s1. The van der Waals surface area contributed by atoms with Crippen LogP contribution in [0, 0.1) is 12.7 Å². The molecule has 0 bridgehead atoms. The van der Waals surface area contributed by atoms with Crippen molar-refractivity contribution < 1.29 is 9.50 Å². The van der Waals surface area contributed by atoms with Crippen molar-refractivity contribution >= 4 is 0 Å². The van der Waals surface area contributed by atoms with Crippen molar-refractivity contribution in [1.29, 1.82) is 0 Å². The highest BCUT2D eigenvalue weighted by Crippen LogP contribution is 2.36. The smallest absolute Gasteiger partial charge is 0.131 e. The van der Waals surface area contributed by atoms with Crippen molar-refractivity contribution in [1.82, 2.24) is 10.2 Å². The van der Waals surface area contributed by atoms with Gasteiger partial charge in [0.15, 0.2) is 0 Å². The first-order chi connectivity index (χ1) is 9.15. The normalized spacial score (nSPS) is 18.5. The van der Waals surface area contributed by atoms with Gasteiger partial charge in [0, 0.05) is 37.8 Å². The second-order valence-corrected chi connectivity index (χ2v) is 5.22. The van der Waals surface area contributed by atoms with Crippen molar-refractivity contribution in [2.24, 2.45) is 0 Å². The Morgan fingerprint density at radius 2 is 2.05 bits per heavy atom. The third-order valence-corrected chi connectivity index (χ3v) is 3.85. The molecule has 0 saturated carbocycles. The van der Waals surface area contributed by atoms with Crippen LogP contribution in [0.3, 0.4) is 0 Å². The van der Waals surface area contributed by atoms with Crippen LogP contribution in [0.25, 0.3) is 0 Å². The number of hydrogen-bond acceptors (Lipinski definition) is 3. The summed E-state index contributed by atoms with van der Waals surface area (Å²) in [5.74, 6) is -0.169. The maximum absolute atomic E-state index is 14.2. The molecule has 4 heteroatoms. The molecule has 1 aliphatic heterocycles. The van der Waals surface area contributed by atoms with Crippen LogP contribution in [0.15, 0.2) is 12.1 Å². The number of halogens is 1. The first-order valence-corrected chi connectivity index (χ1v) is 7.08. The third kappa shape index (κ3) is 3.07. The Morgan fingerprint density at radius 3 is 2.68 bits per heavy atom. The number of aryl methyl sites for hydroxylation is 1. The predicted octanol–water partition coefficient (Wildman–Crippen LogP) is 2.59. The minimum absolute atomic E-state index is 0.0213. The number of piperazine rings is 1. The average molecular weight is 266 g/mol. The molecule has 1 atom stereocenters. The van der Waals surface area contributed by atoms with Gasteiger partial charge >= 0.3 is 0 Å². The van der Waals surface area contributed by atoms with Crippen LogP contribution < -0.4 is 5.32 Å². The highest BCUT2D eigenvalue weighted by atomic mass is 19.1. The Balaban J connectivity index is 2.35. The van der Waals surface area contributed by atoms with Gasteiger partial charge in [-0.3, -0.25) is 4.90 Å². The molecule has 19 heavy (non-hydrogen) atoms. The van der Waals surface area contributed by atoms with E-state index in [1.807, 2.05) is 6.92 Å². The van der Waals surface area contributed by atoms with E-state index in [2.05, 4.69) is 17.1 Å². The van der Waals surface area contributed by atoms with Gasteiger partial charge in [-0.1, -0.05) is 19.4 Å². The lowest BCUT2D eigenvalue weighted by molar-refractivity contribution is 0.158. The molecule has 1 fully saturated rings. The van der Waals surface area contributed by atoms with Crippen LogP contribution in [-0.2, 0) is 0 Å². The molecule has 1 saturated heterocycles. The Labute approximate surface area is 114 Å². The van der Waals surface area contributed by atoms with Crippen molar-refractivity contribution in [2.45, 2.75) is 32.7 Å². The largest absolute Gasteiger partial charge is 0.507 e. The quantitative estimate of drug-likeness (QED) is 0.879. The molecule has 3 nitrogen and oxygen atoms in total. The molecule has 2 rings (SSSR count). The summed E-state index contributed by atoms with van der Waals surface area (Å²) < 4.78 is 14.2. The fourth-order valence-corrected chi connectivity index (χ4v) is 2.79. The molecule has 0 spiro atoms. The maximum atomic E-state index is 14.2. The summed E-state index contributed by atoms with van der Waals surface area (Å²) in [7, 11) is 0. The minimum Gasteiger partial charge on any atom is -0.507 e. The van der Waals surface area contributed by atoms with Crippen molar-refractivity contribution in [3.8, 4) is 5.75 Å². The third-order valence-electron chi connectivity index (χ3n) is 3.85. The van der Waals surface area contributed by atoms with E-state index in [1.54, 1.807) is 6.07 Å². The maximum Gasteiger partial charge on any atom is 0.131 e. The molecule has 2 N–H and O–H groups in total. The summed E-state index contributed by atoms with van der Waals surface area (Å²) in [5.41, 5.74) is 1.22. The number of rotatable bonds is 4. The Hall–Kier alpha value is -1.13. The molecule has 106 valence electrons. The van der Waals surface area contributed by atoms with E-state index in [0.29, 0.717) is 5.56 Å². The number of nitrogens with one attached hydrogen (secondary N) is 1. The fraction of sp³-hybridized carbons (Fsp3) is 0.600. The first-order valence-electron chi connectivity index (χ1n) is 7.08. The Bertz CT molecular complexity index is 430. The van der Waals surface area contributed by atoms with Gasteiger partial charge < -0.3 is 10.4 Å². The van der Waals surface area contributed by atoms with Crippen molar-refractivity contribution in [2.75, 3.05) is 26.2 Å². The summed E-state index contributed by atoms with van der Waals surface area (Å²) in [6.45, 7) is 7.57. The lowest BCUT2D eigenvalue weighted by Gasteiger charge is -2.35. The van der Waals surface area contributed by atoms with Crippen molar-refractivity contribution in [3.63, 3.8) is 0 Å². The van der Waals surface area contributed by atoms with Gasteiger partial charge in [-0.05, 0) is 25.0 Å². The Morgan fingerprint density at radius 1 is 1.37 bits per heavy atom. The molecule has 1 aromatic rings. The number of benzene rings is 1. The monoisotopic (exact) mass is 266 g/mol. The SMILES string of the molecule is CCC[C@@H](c1c(F)ccc(C)c1O)N1CCNCC1. The van der Waals surface area contributed by atoms with E-state index in [4.69, 9.17) is 0 Å². The zero-order valence-corrected chi connectivity index (χ0v) is 11.7. The van der Waals surface area contributed by atoms with Gasteiger partial charge in [0.1, 0.15) is 11.6 Å². The van der Waals surface area contributed by atoms with Crippen LogP contribution in [0.1, 0.15) is 36.9 Å². The van der Waals surface area contributed by atoms with Crippen molar-refractivity contribution in [3.05, 3.63) is 29.1 Å². The summed E-state index contributed by atoms with van der Waals surface area (Å²) >= 11 is 0. The lowest BCUT2D eigenvalue weighted by atomic mass is 9.96. The molecule has 1 aromatic carbocycles. The highest BCUT2D eigenvalue weighted by Gasteiger charge is 2.27. The van der Waals surface area contributed by atoms with Gasteiger partial charge in [0.25, 0.3) is 0 Å². The predicted molar refractivity (Wildman–Crippen MR) is 74.9 cm³/mol. The van der Waals surface area contributed by atoms with Crippen LogP contribution in [-0.4, -0.2) is 36.2 Å². The van der Waals surface area contributed by atoms with Gasteiger partial charge in [-0.2, -0.15) is 0 Å². The topological polar surface area (TPSA) is 35.5 Å². The number of phenolic OH excluding ortho intramolecular Hbond substituents is 1. The molecule has 0 radical (unpaired) electrons. The second-order valence-electron chi connectivity index (χ2n) is 5.22. The van der Waals surface area contributed by atoms with E-state index in [9.17, 15) is 9.50 Å². The molecule has 0 aromatic heterocycles. The summed E-state index contributed by atoms with van der Waals surface area (Å²) in [4.78, 5) is 2.28. The minimum atomic E-state index is -0.292. The number of phenols is 1. The molecule has 1 heterocycles. The fourth-order valence-electron chi connectivity index (χ4n) is 2.79. The summed E-state index contributed by atoms with van der Waals surface area (Å²) in [5, 5.41) is 13.5. The molecular formula is C15H23FN2O. The van der Waals surface area contributed by atoms with E-state index in [-0.39, 0.29) is 17.6 Å². The molecule has 0 amide bonds. The first kappa shape index (κ1) is 14.3. The molecular weight excluding hydrogens is 243 g/mol. The number of aromatic hydroxyl groups is 1. The van der Waals surface area contributed by atoms with Gasteiger partial charge in [-0.15, -0.1) is 0 Å². The number of nitrogens with zero attached hydrogens (tertiary/aromatic N) is 1. The van der Waals surface area contributed by atoms with Crippen LogP contribution in [0.5, 0.6) is 5.75 Å². The lowest BCUT2D eigenvalue weighted by Crippen LogP contribution is -2.45. The van der Waals surface area contributed by atoms with E-state index in [1.165, 1.54) is 6.07 Å². The zero-order valence-electron chi connectivity index (χ0n) is 11.7. The second kappa shape index (κ2) is 6.35. The van der Waals surface area contributed by atoms with E-state index in [0.717, 1.165) is 44.6 Å². The van der Waals surface area contributed by atoms with Gasteiger partial charge in [0.05, 0.1) is 0 Å². The van der Waals surface area contributed by atoms with Crippen LogP contribution >= 0.6 is 0 Å². The van der Waals surface area contributed by atoms with E-state index >= 15 is 0 Å². The Kier molecular flexibility index (Phi) is 4.77. The summed E-state index contributed by atoms with van der Waals surface area (Å²) in [6, 6.07) is 3.08. The van der Waals surface area contributed by atoms with Crippen LogP contribution in [0.2, 0.25) is 0 Å². The van der Waals surface area contributed by atoms with Crippen LogP contribution in [0.4, 0.5) is 4.39 Å². The average Bonchev–Trinajstić information content (AvgIpc) is 2.43. The molecule has 0 aliphatic carbocycles. The number of hydrogen-bond donors (Lipinski definition) is 2. The summed E-state index contributed by atoms with van der Waals surface area (Å²) in [6.07, 6.45) is 1.84. The van der Waals surface area contributed by atoms with Gasteiger partial charge in [-0.25, -0.2) is 4.39 Å². The highest BCUT2D eigenvalue weighted by molar-refractivity contribution is 5.42. The zero-order chi connectivity index (χ0) is 13.8. The van der Waals surface area contributed by atoms with Gasteiger partial charge in [0.2, 0.25) is 0 Å². The molecule has 1 aliphatic rings. The van der Waals surface area contributed by atoms with E-state index < -0.39 is 0 Å². The molecule has 0 unspecified atom stereocenters.